The fraction of sp³-hybridized carbons (Fsp3) is 0.579. The molecule has 0 aromatic heterocycles. The Balaban J connectivity index is 2.06. The van der Waals surface area contributed by atoms with Crippen LogP contribution in [0.1, 0.15) is 44.7 Å². The standard InChI is InChI=1S/C19H25ClN2O4S/c1-18(2,3)27(25)21-16-13-10-14(20)15(26-4)9-12(13)11-19(16)5-7-22(8-6-19)17(23)24/h9-10H,5-8,11H2,1-4H3,(H,23,24). The van der Waals surface area contributed by atoms with Crippen molar-refractivity contribution in [3.8, 4) is 5.75 Å². The number of rotatable bonds is 2. The first-order chi connectivity index (χ1) is 12.6. The number of halogens is 1. The Morgan fingerprint density at radius 2 is 2.00 bits per heavy atom. The minimum atomic E-state index is -1.41. The van der Waals surface area contributed by atoms with Crippen LogP contribution in [-0.2, 0) is 17.8 Å². The summed E-state index contributed by atoms with van der Waals surface area (Å²) in [5, 5.41) is 9.77. The van der Waals surface area contributed by atoms with Gasteiger partial charge in [-0.15, -0.1) is 0 Å². The van der Waals surface area contributed by atoms with E-state index in [4.69, 9.17) is 16.3 Å². The second-order valence-corrected chi connectivity index (χ2v) is 10.5. The Bertz CT molecular complexity index is 783. The van der Waals surface area contributed by atoms with Crippen molar-refractivity contribution < 1.29 is 19.2 Å². The second-order valence-electron chi connectivity index (χ2n) is 8.17. The van der Waals surface area contributed by atoms with E-state index in [0.29, 0.717) is 36.7 Å². The molecule has 1 saturated heterocycles. The molecule has 1 aliphatic carbocycles. The number of piperidine rings is 1. The Morgan fingerprint density at radius 1 is 1.37 bits per heavy atom. The Kier molecular flexibility index (Phi) is 5.40. The molecule has 0 saturated carbocycles. The van der Waals surface area contributed by atoms with Crippen molar-refractivity contribution in [3.63, 3.8) is 0 Å². The number of carboxylic acid groups (broad SMARTS) is 1. The van der Waals surface area contributed by atoms with Gasteiger partial charge in [0.05, 0.1) is 12.1 Å². The lowest BCUT2D eigenvalue weighted by atomic mass is 9.74. The number of amides is 1. The summed E-state index contributed by atoms with van der Waals surface area (Å²) in [6.07, 6.45) is 1.12. The molecule has 1 aromatic rings. The molecule has 1 spiro atoms. The Morgan fingerprint density at radius 3 is 2.52 bits per heavy atom. The highest BCUT2D eigenvalue weighted by Gasteiger charge is 2.48. The SMILES string of the molecule is COc1cc2c(cc1Cl)C(=N[S+]([O-])C(C)(C)C)C1(CCN(C(=O)O)CC1)C2. The van der Waals surface area contributed by atoms with Crippen molar-refractivity contribution in [2.24, 2.45) is 9.81 Å². The number of ether oxygens (including phenoxy) is 1. The van der Waals surface area contributed by atoms with Gasteiger partial charge in [0.15, 0.2) is 0 Å². The molecule has 1 fully saturated rings. The van der Waals surface area contributed by atoms with Gasteiger partial charge in [-0.3, -0.25) is 0 Å². The van der Waals surface area contributed by atoms with Gasteiger partial charge in [0.25, 0.3) is 0 Å². The fourth-order valence-electron chi connectivity index (χ4n) is 3.76. The molecule has 1 aromatic carbocycles. The molecule has 27 heavy (non-hydrogen) atoms. The molecule has 148 valence electrons. The van der Waals surface area contributed by atoms with Crippen LogP contribution in [0.5, 0.6) is 5.75 Å². The first-order valence-electron chi connectivity index (χ1n) is 8.93. The zero-order chi connectivity index (χ0) is 20.0. The monoisotopic (exact) mass is 412 g/mol. The second kappa shape index (κ2) is 7.18. The summed E-state index contributed by atoms with van der Waals surface area (Å²) < 4.78 is 22.3. The van der Waals surface area contributed by atoms with E-state index in [0.717, 1.165) is 23.3 Å². The van der Waals surface area contributed by atoms with Crippen LogP contribution in [0.2, 0.25) is 5.02 Å². The topological polar surface area (TPSA) is 85.2 Å². The molecule has 8 heteroatoms. The van der Waals surface area contributed by atoms with E-state index >= 15 is 0 Å². The molecule has 1 atom stereocenters. The van der Waals surface area contributed by atoms with Crippen molar-refractivity contribution in [3.05, 3.63) is 28.3 Å². The first kappa shape index (κ1) is 20.3. The van der Waals surface area contributed by atoms with E-state index in [1.165, 1.54) is 4.90 Å². The molecule has 0 radical (unpaired) electrons. The van der Waals surface area contributed by atoms with Gasteiger partial charge in [-0.05, 0) is 57.7 Å². The van der Waals surface area contributed by atoms with Gasteiger partial charge in [0.1, 0.15) is 27.6 Å². The molecule has 1 amide bonds. The summed E-state index contributed by atoms with van der Waals surface area (Å²) >= 11 is 4.94. The molecule has 1 unspecified atom stereocenters. The summed E-state index contributed by atoms with van der Waals surface area (Å²) in [5.74, 6) is 0.603. The quantitative estimate of drug-likeness (QED) is 0.746. The average molecular weight is 413 g/mol. The molecular weight excluding hydrogens is 388 g/mol. The smallest absolute Gasteiger partial charge is 0.407 e. The molecule has 3 rings (SSSR count). The highest BCUT2D eigenvalue weighted by Crippen LogP contribution is 2.48. The average Bonchev–Trinajstić information content (AvgIpc) is 2.86. The number of benzene rings is 1. The lowest BCUT2D eigenvalue weighted by Gasteiger charge is -2.38. The zero-order valence-corrected chi connectivity index (χ0v) is 17.6. The van der Waals surface area contributed by atoms with Crippen molar-refractivity contribution in [1.82, 2.24) is 4.90 Å². The van der Waals surface area contributed by atoms with Gasteiger partial charge in [-0.1, -0.05) is 16.0 Å². The van der Waals surface area contributed by atoms with Gasteiger partial charge >= 0.3 is 6.09 Å². The predicted octanol–water partition coefficient (Wildman–Crippen LogP) is 3.92. The molecule has 1 aliphatic heterocycles. The molecule has 1 N–H and O–H groups in total. The van der Waals surface area contributed by atoms with E-state index in [-0.39, 0.29) is 5.41 Å². The summed E-state index contributed by atoms with van der Waals surface area (Å²) in [7, 11) is 1.58. The van der Waals surface area contributed by atoms with Crippen molar-refractivity contribution in [2.75, 3.05) is 20.2 Å². The summed E-state index contributed by atoms with van der Waals surface area (Å²) in [6, 6.07) is 3.76. The van der Waals surface area contributed by atoms with Gasteiger partial charge in [-0.25, -0.2) is 4.79 Å². The molecule has 0 bridgehead atoms. The maximum atomic E-state index is 12.8. The van der Waals surface area contributed by atoms with Crippen LogP contribution in [0.25, 0.3) is 0 Å². The van der Waals surface area contributed by atoms with Crippen molar-refractivity contribution in [2.45, 2.75) is 44.8 Å². The zero-order valence-electron chi connectivity index (χ0n) is 16.0. The minimum Gasteiger partial charge on any atom is -0.591 e. The highest BCUT2D eigenvalue weighted by atomic mass is 35.5. The van der Waals surface area contributed by atoms with Gasteiger partial charge in [-0.2, -0.15) is 0 Å². The van der Waals surface area contributed by atoms with Crippen molar-refractivity contribution >= 4 is 34.8 Å². The van der Waals surface area contributed by atoms with Crippen LogP contribution in [-0.4, -0.2) is 51.3 Å². The number of fused-ring (bicyclic) bond motifs is 1. The van der Waals surface area contributed by atoms with Crippen LogP contribution in [0.4, 0.5) is 4.79 Å². The van der Waals surface area contributed by atoms with E-state index < -0.39 is 22.2 Å². The largest absolute Gasteiger partial charge is 0.591 e. The van der Waals surface area contributed by atoms with Crippen LogP contribution in [0, 0.1) is 5.41 Å². The number of hydrogen-bond donors (Lipinski definition) is 1. The van der Waals surface area contributed by atoms with Crippen LogP contribution < -0.4 is 4.74 Å². The van der Waals surface area contributed by atoms with Crippen LogP contribution in [0.3, 0.4) is 0 Å². The van der Waals surface area contributed by atoms with Crippen LogP contribution >= 0.6 is 11.6 Å². The minimum absolute atomic E-state index is 0.315. The Labute approximate surface area is 167 Å². The lowest BCUT2D eigenvalue weighted by Crippen LogP contribution is -2.45. The molecule has 6 nitrogen and oxygen atoms in total. The fourth-order valence-corrected chi connectivity index (χ4v) is 4.73. The van der Waals surface area contributed by atoms with Gasteiger partial charge < -0.3 is 19.3 Å². The summed E-state index contributed by atoms with van der Waals surface area (Å²) in [5.41, 5.74) is 2.44. The van der Waals surface area contributed by atoms with E-state index in [2.05, 4.69) is 4.40 Å². The molecular formula is C19H25ClN2O4S. The third-order valence-electron chi connectivity index (χ3n) is 5.35. The predicted molar refractivity (Wildman–Crippen MR) is 107 cm³/mol. The highest BCUT2D eigenvalue weighted by molar-refractivity contribution is 7.91. The summed E-state index contributed by atoms with van der Waals surface area (Å²) in [4.78, 5) is 12.7. The number of methoxy groups -OCH3 is 1. The van der Waals surface area contributed by atoms with Crippen molar-refractivity contribution in [1.29, 1.82) is 0 Å². The summed E-state index contributed by atoms with van der Waals surface area (Å²) in [6.45, 7) is 6.56. The van der Waals surface area contributed by atoms with E-state index in [9.17, 15) is 14.5 Å². The maximum absolute atomic E-state index is 12.8. The normalized spacial score (nSPS) is 21.4. The van der Waals surface area contributed by atoms with Crippen LogP contribution in [0.15, 0.2) is 16.5 Å². The van der Waals surface area contributed by atoms with Gasteiger partial charge in [0, 0.05) is 24.1 Å². The maximum Gasteiger partial charge on any atom is 0.407 e. The van der Waals surface area contributed by atoms with E-state index in [1.807, 2.05) is 32.9 Å². The third-order valence-corrected chi connectivity index (χ3v) is 7.04. The van der Waals surface area contributed by atoms with E-state index in [1.54, 1.807) is 7.11 Å². The number of likely N-dealkylation sites (tertiary alicyclic amines) is 1. The molecule has 1 heterocycles. The number of nitrogens with zero attached hydrogens (tertiary/aromatic N) is 2. The first-order valence-corrected chi connectivity index (χ1v) is 10.4. The third kappa shape index (κ3) is 3.77. The number of carbonyl (C=O) groups is 1. The Hall–Kier alpha value is -1.44. The van der Waals surface area contributed by atoms with Gasteiger partial charge in [0.2, 0.25) is 0 Å². The molecule has 2 aliphatic rings. The number of hydrogen-bond acceptors (Lipinski definition) is 4. The lowest BCUT2D eigenvalue weighted by molar-refractivity contribution is 0.115.